The number of hydrogen-bond acceptors (Lipinski definition) is 1. The molecule has 0 aromatic carbocycles. The second-order valence-electron chi connectivity index (χ2n) is 4.63. The molecular weight excluding hydrogens is 160 g/mol. The van der Waals surface area contributed by atoms with E-state index in [2.05, 4.69) is 24.3 Å². The van der Waals surface area contributed by atoms with Crippen molar-refractivity contribution >= 4 is 5.78 Å². The normalized spacial score (nSPS) is 17.8. The van der Waals surface area contributed by atoms with Gasteiger partial charge in [-0.05, 0) is 6.42 Å². The third-order valence-corrected chi connectivity index (χ3v) is 2.30. The maximum Gasteiger partial charge on any atom is 0.139 e. The van der Waals surface area contributed by atoms with Gasteiger partial charge in [0.2, 0.25) is 0 Å². The third kappa shape index (κ3) is 3.17. The van der Waals surface area contributed by atoms with Crippen molar-refractivity contribution in [2.24, 2.45) is 11.3 Å². The van der Waals surface area contributed by atoms with E-state index in [4.69, 9.17) is 0 Å². The Bertz CT molecular complexity index is 228. The average Bonchev–Trinajstić information content (AvgIpc) is 2.04. The van der Waals surface area contributed by atoms with Crippen molar-refractivity contribution in [3.05, 3.63) is 24.3 Å². The van der Waals surface area contributed by atoms with Gasteiger partial charge in [-0.3, -0.25) is 4.79 Å². The molecule has 0 radical (unpaired) electrons. The van der Waals surface area contributed by atoms with Crippen molar-refractivity contribution in [2.75, 3.05) is 0 Å². The summed E-state index contributed by atoms with van der Waals surface area (Å²) in [7, 11) is 0. The molecule has 0 fully saturated rings. The summed E-state index contributed by atoms with van der Waals surface area (Å²) < 4.78 is 0. The fourth-order valence-electron chi connectivity index (χ4n) is 1.31. The van der Waals surface area contributed by atoms with Crippen LogP contribution >= 0.6 is 0 Å². The van der Waals surface area contributed by atoms with E-state index in [1.807, 2.05) is 20.8 Å². The summed E-state index contributed by atoms with van der Waals surface area (Å²) in [5, 5.41) is 0. The van der Waals surface area contributed by atoms with Crippen molar-refractivity contribution < 1.29 is 4.79 Å². The highest BCUT2D eigenvalue weighted by Crippen LogP contribution is 2.22. The minimum absolute atomic E-state index is 0.195. The zero-order chi connectivity index (χ0) is 9.90. The van der Waals surface area contributed by atoms with Gasteiger partial charge in [-0.2, -0.15) is 0 Å². The molecule has 0 N–H and O–H groups in total. The Morgan fingerprint density at radius 3 is 2.31 bits per heavy atom. The smallest absolute Gasteiger partial charge is 0.139 e. The molecule has 0 unspecified atom stereocenters. The molecule has 0 aromatic heterocycles. The molecular formula is C12H18O. The molecule has 0 bridgehead atoms. The van der Waals surface area contributed by atoms with Gasteiger partial charge in [0.1, 0.15) is 5.78 Å². The summed E-state index contributed by atoms with van der Waals surface area (Å²) in [4.78, 5) is 11.7. The van der Waals surface area contributed by atoms with Crippen LogP contribution in [0.25, 0.3) is 0 Å². The molecule has 0 atom stereocenters. The molecule has 0 saturated carbocycles. The highest BCUT2D eigenvalue weighted by Gasteiger charge is 2.22. The van der Waals surface area contributed by atoms with Crippen LogP contribution in [0.5, 0.6) is 0 Å². The molecule has 0 heterocycles. The van der Waals surface area contributed by atoms with Gasteiger partial charge in [-0.1, -0.05) is 45.1 Å². The fourth-order valence-corrected chi connectivity index (χ4v) is 1.31. The van der Waals surface area contributed by atoms with Crippen molar-refractivity contribution in [3.63, 3.8) is 0 Å². The van der Waals surface area contributed by atoms with Gasteiger partial charge in [-0.15, -0.1) is 0 Å². The van der Waals surface area contributed by atoms with Crippen molar-refractivity contribution in [1.82, 2.24) is 0 Å². The Hall–Kier alpha value is -0.850. The van der Waals surface area contributed by atoms with Gasteiger partial charge < -0.3 is 0 Å². The van der Waals surface area contributed by atoms with Crippen LogP contribution in [0.4, 0.5) is 0 Å². The van der Waals surface area contributed by atoms with Gasteiger partial charge in [0.15, 0.2) is 0 Å². The third-order valence-electron chi connectivity index (χ3n) is 2.30. The lowest BCUT2D eigenvalue weighted by atomic mass is 9.84. The van der Waals surface area contributed by atoms with Gasteiger partial charge >= 0.3 is 0 Å². The lowest BCUT2D eigenvalue weighted by Crippen LogP contribution is -2.22. The summed E-state index contributed by atoms with van der Waals surface area (Å²) in [6, 6.07) is 0. The molecule has 0 spiro atoms. The predicted molar refractivity (Wildman–Crippen MR) is 55.5 cm³/mol. The molecule has 0 aromatic rings. The number of hydrogen-bond donors (Lipinski definition) is 0. The van der Waals surface area contributed by atoms with Crippen molar-refractivity contribution in [2.45, 2.75) is 33.6 Å². The van der Waals surface area contributed by atoms with E-state index >= 15 is 0 Å². The van der Waals surface area contributed by atoms with Crippen molar-refractivity contribution in [3.8, 4) is 0 Å². The number of carbonyl (C=O) groups excluding carboxylic acids is 1. The lowest BCUT2D eigenvalue weighted by molar-refractivity contribution is -0.126. The molecule has 1 rings (SSSR count). The largest absolute Gasteiger partial charge is 0.299 e. The Balaban J connectivity index is 2.49. The minimum Gasteiger partial charge on any atom is -0.299 e. The molecule has 1 heteroatoms. The van der Waals surface area contributed by atoms with E-state index in [0.29, 0.717) is 18.1 Å². The summed E-state index contributed by atoms with van der Waals surface area (Å²) >= 11 is 0. The second kappa shape index (κ2) is 3.91. The van der Waals surface area contributed by atoms with Gasteiger partial charge in [0.05, 0.1) is 0 Å². The second-order valence-corrected chi connectivity index (χ2v) is 4.63. The maximum absolute atomic E-state index is 11.7. The number of Topliss-reactive ketones (excluding diaryl/α,β-unsaturated/α-hetero) is 1. The minimum atomic E-state index is -0.195. The molecule has 1 aliphatic rings. The van der Waals surface area contributed by atoms with Crippen LogP contribution in [0.2, 0.25) is 0 Å². The van der Waals surface area contributed by atoms with Gasteiger partial charge in [-0.25, -0.2) is 0 Å². The Kier molecular flexibility index (Phi) is 3.07. The van der Waals surface area contributed by atoms with E-state index in [0.717, 1.165) is 6.42 Å². The zero-order valence-corrected chi connectivity index (χ0v) is 8.71. The van der Waals surface area contributed by atoms with Crippen LogP contribution in [0, 0.1) is 11.3 Å². The predicted octanol–water partition coefficient (Wildman–Crippen LogP) is 3.12. The highest BCUT2D eigenvalue weighted by atomic mass is 16.1. The standard InChI is InChI=1S/C12H18O/c1-12(2,3)11(13)9-10-7-5-4-6-8-10/h5-8,10H,4,9H2,1-3H3. The van der Waals surface area contributed by atoms with Crippen LogP contribution in [-0.4, -0.2) is 5.78 Å². The Labute approximate surface area is 80.5 Å². The first-order chi connectivity index (χ1) is 6.00. The number of ketones is 1. The van der Waals surface area contributed by atoms with Gasteiger partial charge in [0, 0.05) is 17.8 Å². The SMILES string of the molecule is CC(C)(C)C(=O)CC1C=CCC=C1. The monoisotopic (exact) mass is 178 g/mol. The average molecular weight is 178 g/mol. The van der Waals surface area contributed by atoms with E-state index in [9.17, 15) is 4.79 Å². The number of rotatable bonds is 2. The fraction of sp³-hybridized carbons (Fsp3) is 0.583. The van der Waals surface area contributed by atoms with Crippen LogP contribution in [0.15, 0.2) is 24.3 Å². The summed E-state index contributed by atoms with van der Waals surface area (Å²) in [6.07, 6.45) is 10.2. The highest BCUT2D eigenvalue weighted by molar-refractivity contribution is 5.84. The molecule has 0 amide bonds. The summed E-state index contributed by atoms with van der Waals surface area (Å²) in [5.41, 5.74) is -0.195. The summed E-state index contributed by atoms with van der Waals surface area (Å²) in [6.45, 7) is 5.93. The molecule has 1 nitrogen and oxygen atoms in total. The molecule has 72 valence electrons. The number of carbonyl (C=O) groups is 1. The van der Waals surface area contributed by atoms with Crippen LogP contribution in [0.1, 0.15) is 33.6 Å². The first-order valence-corrected chi connectivity index (χ1v) is 4.87. The van der Waals surface area contributed by atoms with Crippen LogP contribution in [-0.2, 0) is 4.79 Å². The topological polar surface area (TPSA) is 17.1 Å². The molecule has 0 saturated heterocycles. The summed E-state index contributed by atoms with van der Waals surface area (Å²) in [5.74, 6) is 0.675. The van der Waals surface area contributed by atoms with Gasteiger partial charge in [0.25, 0.3) is 0 Å². The Morgan fingerprint density at radius 2 is 1.85 bits per heavy atom. The van der Waals surface area contributed by atoms with E-state index in [-0.39, 0.29) is 5.41 Å². The molecule has 1 aliphatic carbocycles. The number of allylic oxidation sites excluding steroid dienone is 4. The van der Waals surface area contributed by atoms with Crippen LogP contribution < -0.4 is 0 Å². The maximum atomic E-state index is 11.7. The zero-order valence-electron chi connectivity index (χ0n) is 8.71. The van der Waals surface area contributed by atoms with E-state index < -0.39 is 0 Å². The molecule has 0 aliphatic heterocycles. The first kappa shape index (κ1) is 10.2. The Morgan fingerprint density at radius 1 is 1.31 bits per heavy atom. The molecule has 13 heavy (non-hydrogen) atoms. The van der Waals surface area contributed by atoms with E-state index in [1.54, 1.807) is 0 Å². The quantitative estimate of drug-likeness (QED) is 0.594. The first-order valence-electron chi connectivity index (χ1n) is 4.87. The van der Waals surface area contributed by atoms with E-state index in [1.165, 1.54) is 0 Å². The van der Waals surface area contributed by atoms with Crippen molar-refractivity contribution in [1.29, 1.82) is 0 Å². The van der Waals surface area contributed by atoms with Crippen LogP contribution in [0.3, 0.4) is 0 Å². The lowest BCUT2D eigenvalue weighted by Gasteiger charge is -2.19.